The molecule has 1 N–H and O–H groups in total. The zero-order valence-electron chi connectivity index (χ0n) is 10.8. The van der Waals surface area contributed by atoms with Crippen molar-refractivity contribution < 1.29 is 18.3 Å². The van der Waals surface area contributed by atoms with Crippen molar-refractivity contribution in [3.63, 3.8) is 0 Å². The number of imidazole rings is 1. The molecule has 21 heavy (non-hydrogen) atoms. The van der Waals surface area contributed by atoms with E-state index in [-0.39, 0.29) is 11.4 Å². The fourth-order valence-corrected chi connectivity index (χ4v) is 2.36. The lowest BCUT2D eigenvalue weighted by molar-refractivity contribution is 0.172. The first-order valence-corrected chi connectivity index (χ1v) is 6.46. The quantitative estimate of drug-likeness (QED) is 0.747. The number of hydrogen-bond acceptors (Lipinski definition) is 3. The van der Waals surface area contributed by atoms with E-state index in [0.29, 0.717) is 35.7 Å². The van der Waals surface area contributed by atoms with Gasteiger partial charge in [0, 0.05) is 12.1 Å². The fraction of sp³-hybridized carbons (Fsp3) is 0.133. The predicted molar refractivity (Wildman–Crippen MR) is 72.4 cm³/mol. The monoisotopic (exact) mass is 288 g/mol. The number of hydrogen-bond donors (Lipinski definition) is 1. The second-order valence-electron chi connectivity index (χ2n) is 4.70. The lowest BCUT2D eigenvalue weighted by atomic mass is 10.2. The summed E-state index contributed by atoms with van der Waals surface area (Å²) in [6.07, 6.45) is 0. The van der Waals surface area contributed by atoms with Gasteiger partial charge >= 0.3 is 0 Å². The number of ether oxygens (including phenoxy) is 2. The first-order valence-electron chi connectivity index (χ1n) is 6.46. The number of aromatic nitrogens is 2. The standard InChI is InChI=1S/C15H10F2N2O2/c16-9-3-1-2-8(14(9)17)15-18-10-6-12-13(7-11(10)19-15)21-5-4-20-12/h1-3,6-7H,4-5H2,(H,18,19). The SMILES string of the molecule is Fc1cccc(-c2nc3cc4c(cc3[nH]2)OCCO4)c1F. The molecule has 0 bridgehead atoms. The summed E-state index contributed by atoms with van der Waals surface area (Å²) in [6, 6.07) is 7.46. The van der Waals surface area contributed by atoms with Crippen molar-refractivity contribution in [1.29, 1.82) is 0 Å². The van der Waals surface area contributed by atoms with Gasteiger partial charge in [-0.05, 0) is 12.1 Å². The molecule has 1 aliphatic heterocycles. The number of benzene rings is 2. The van der Waals surface area contributed by atoms with Gasteiger partial charge in [0.15, 0.2) is 23.1 Å². The van der Waals surface area contributed by atoms with Crippen LogP contribution < -0.4 is 9.47 Å². The Morgan fingerprint density at radius 3 is 2.62 bits per heavy atom. The maximum absolute atomic E-state index is 13.8. The number of aromatic amines is 1. The number of H-pyrrole nitrogens is 1. The molecule has 6 heteroatoms. The van der Waals surface area contributed by atoms with Crippen LogP contribution in [0.4, 0.5) is 8.78 Å². The summed E-state index contributed by atoms with van der Waals surface area (Å²) >= 11 is 0. The fourth-order valence-electron chi connectivity index (χ4n) is 2.36. The van der Waals surface area contributed by atoms with Gasteiger partial charge in [-0.15, -0.1) is 0 Å². The molecule has 0 radical (unpaired) electrons. The Balaban J connectivity index is 1.89. The summed E-state index contributed by atoms with van der Waals surface area (Å²) in [4.78, 5) is 7.27. The van der Waals surface area contributed by atoms with Gasteiger partial charge in [-0.2, -0.15) is 0 Å². The predicted octanol–water partition coefficient (Wildman–Crippen LogP) is 3.28. The summed E-state index contributed by atoms with van der Waals surface area (Å²) in [7, 11) is 0. The van der Waals surface area contributed by atoms with E-state index in [1.807, 2.05) is 0 Å². The van der Waals surface area contributed by atoms with Gasteiger partial charge in [-0.25, -0.2) is 13.8 Å². The van der Waals surface area contributed by atoms with E-state index in [2.05, 4.69) is 9.97 Å². The summed E-state index contributed by atoms with van der Waals surface area (Å²) in [6.45, 7) is 0.965. The summed E-state index contributed by atoms with van der Waals surface area (Å²) in [5.74, 6) is -0.340. The first-order chi connectivity index (χ1) is 10.2. The zero-order chi connectivity index (χ0) is 14.4. The van der Waals surface area contributed by atoms with Crippen LogP contribution in [0.5, 0.6) is 11.5 Å². The maximum atomic E-state index is 13.8. The zero-order valence-corrected chi connectivity index (χ0v) is 10.8. The number of nitrogens with zero attached hydrogens (tertiary/aromatic N) is 1. The van der Waals surface area contributed by atoms with E-state index in [0.717, 1.165) is 6.07 Å². The van der Waals surface area contributed by atoms with Crippen molar-refractivity contribution in [2.24, 2.45) is 0 Å². The minimum atomic E-state index is -0.922. The molecule has 0 aliphatic carbocycles. The highest BCUT2D eigenvalue weighted by molar-refractivity contribution is 5.83. The Labute approximate surface area is 118 Å². The maximum Gasteiger partial charge on any atom is 0.169 e. The molecule has 0 saturated heterocycles. The largest absolute Gasteiger partial charge is 0.486 e. The van der Waals surface area contributed by atoms with Gasteiger partial charge in [0.2, 0.25) is 0 Å². The molecule has 4 nitrogen and oxygen atoms in total. The number of rotatable bonds is 1. The molecule has 3 aromatic rings. The normalized spacial score (nSPS) is 13.6. The molecular formula is C15H10F2N2O2. The van der Waals surface area contributed by atoms with Gasteiger partial charge in [0.25, 0.3) is 0 Å². The van der Waals surface area contributed by atoms with Crippen LogP contribution in [-0.4, -0.2) is 23.2 Å². The van der Waals surface area contributed by atoms with Crippen molar-refractivity contribution in [2.45, 2.75) is 0 Å². The van der Waals surface area contributed by atoms with Crippen molar-refractivity contribution in [2.75, 3.05) is 13.2 Å². The Morgan fingerprint density at radius 2 is 1.81 bits per heavy atom. The van der Waals surface area contributed by atoms with Gasteiger partial charge in [-0.3, -0.25) is 0 Å². The van der Waals surface area contributed by atoms with E-state index in [4.69, 9.17) is 9.47 Å². The second-order valence-corrected chi connectivity index (χ2v) is 4.70. The molecule has 0 atom stereocenters. The van der Waals surface area contributed by atoms with Crippen LogP contribution in [0.3, 0.4) is 0 Å². The van der Waals surface area contributed by atoms with Gasteiger partial charge in [0.05, 0.1) is 16.6 Å². The molecule has 1 aromatic heterocycles. The minimum Gasteiger partial charge on any atom is -0.486 e. The third-order valence-corrected chi connectivity index (χ3v) is 3.35. The summed E-state index contributed by atoms with van der Waals surface area (Å²) in [5.41, 5.74) is 1.38. The Morgan fingerprint density at radius 1 is 1.05 bits per heavy atom. The topological polar surface area (TPSA) is 47.1 Å². The van der Waals surface area contributed by atoms with E-state index in [1.54, 1.807) is 12.1 Å². The van der Waals surface area contributed by atoms with E-state index < -0.39 is 11.6 Å². The lowest BCUT2D eigenvalue weighted by Crippen LogP contribution is -2.15. The average molecular weight is 288 g/mol. The summed E-state index contributed by atoms with van der Waals surface area (Å²) in [5, 5.41) is 0. The molecule has 0 saturated carbocycles. The highest BCUT2D eigenvalue weighted by Crippen LogP contribution is 2.35. The first kappa shape index (κ1) is 12.1. The van der Waals surface area contributed by atoms with Crippen LogP contribution in [0.2, 0.25) is 0 Å². The molecule has 0 amide bonds. The molecule has 0 fully saturated rings. The Hall–Kier alpha value is -2.63. The lowest BCUT2D eigenvalue weighted by Gasteiger charge is -2.17. The summed E-state index contributed by atoms with van der Waals surface area (Å²) < 4.78 is 38.1. The van der Waals surface area contributed by atoms with E-state index >= 15 is 0 Å². The highest BCUT2D eigenvalue weighted by Gasteiger charge is 2.17. The van der Waals surface area contributed by atoms with E-state index in [9.17, 15) is 8.78 Å². The van der Waals surface area contributed by atoms with Crippen LogP contribution in [0.1, 0.15) is 0 Å². The number of nitrogens with one attached hydrogen (secondary N) is 1. The van der Waals surface area contributed by atoms with Crippen LogP contribution >= 0.6 is 0 Å². The highest BCUT2D eigenvalue weighted by atomic mass is 19.2. The molecular weight excluding hydrogens is 278 g/mol. The van der Waals surface area contributed by atoms with Gasteiger partial charge < -0.3 is 14.5 Å². The second kappa shape index (κ2) is 4.44. The van der Waals surface area contributed by atoms with Crippen molar-refractivity contribution >= 4 is 11.0 Å². The Kier molecular flexibility index (Phi) is 2.57. The molecule has 106 valence electrons. The van der Waals surface area contributed by atoms with Crippen LogP contribution in [0, 0.1) is 11.6 Å². The van der Waals surface area contributed by atoms with Crippen molar-refractivity contribution in [3.05, 3.63) is 42.0 Å². The molecule has 2 aromatic carbocycles. The van der Waals surface area contributed by atoms with Crippen LogP contribution in [0.25, 0.3) is 22.4 Å². The third kappa shape index (κ3) is 1.91. The van der Waals surface area contributed by atoms with Crippen molar-refractivity contribution in [3.8, 4) is 22.9 Å². The molecule has 4 rings (SSSR count). The molecule has 0 unspecified atom stereocenters. The average Bonchev–Trinajstić information content (AvgIpc) is 2.90. The van der Waals surface area contributed by atoms with E-state index in [1.165, 1.54) is 12.1 Å². The molecule has 0 spiro atoms. The molecule has 1 aliphatic rings. The third-order valence-electron chi connectivity index (χ3n) is 3.35. The van der Waals surface area contributed by atoms with Gasteiger partial charge in [0.1, 0.15) is 19.0 Å². The Bertz CT molecular complexity index is 802. The van der Waals surface area contributed by atoms with Crippen LogP contribution in [-0.2, 0) is 0 Å². The number of fused-ring (bicyclic) bond motifs is 2. The van der Waals surface area contributed by atoms with Crippen LogP contribution in [0.15, 0.2) is 30.3 Å². The van der Waals surface area contributed by atoms with Crippen molar-refractivity contribution in [1.82, 2.24) is 9.97 Å². The smallest absolute Gasteiger partial charge is 0.169 e. The number of halogens is 2. The molecule has 2 heterocycles. The van der Waals surface area contributed by atoms with Gasteiger partial charge in [-0.1, -0.05) is 6.07 Å². The minimum absolute atomic E-state index is 0.0889.